The van der Waals surface area contributed by atoms with Gasteiger partial charge >= 0.3 is 0 Å². The predicted octanol–water partition coefficient (Wildman–Crippen LogP) is 3.13. The quantitative estimate of drug-likeness (QED) is 0.573. The number of aromatic nitrogens is 4. The summed E-state index contributed by atoms with van der Waals surface area (Å²) in [5.41, 5.74) is 2.50. The van der Waals surface area contributed by atoms with Crippen LogP contribution in [0, 0.1) is 5.82 Å². The fraction of sp³-hybridized carbons (Fsp3) is 0.0588. The highest BCUT2D eigenvalue weighted by molar-refractivity contribution is 7.83. The average Bonchev–Trinajstić information content (AvgIpc) is 3.23. The zero-order valence-corrected chi connectivity index (χ0v) is 13.4. The second kappa shape index (κ2) is 6.01. The van der Waals surface area contributed by atoms with Gasteiger partial charge in [-0.1, -0.05) is 12.1 Å². The summed E-state index contributed by atoms with van der Waals surface area (Å²) in [6, 6.07) is 13.7. The summed E-state index contributed by atoms with van der Waals surface area (Å²) in [6.07, 6.45) is 4.98. The molecule has 5 nitrogen and oxygen atoms in total. The molecule has 24 heavy (non-hydrogen) atoms. The standard InChI is InChI=1S/C17H13FN4OS/c18-13-5-7-14(8-6-13)22-10-9-19-17(22)24(23)12-21-11-20-15-3-1-2-4-16(15)21/h1-11H,12H2. The highest BCUT2D eigenvalue weighted by Gasteiger charge is 2.14. The Kier molecular flexibility index (Phi) is 3.70. The molecule has 4 rings (SSSR count). The molecule has 1 unspecified atom stereocenters. The van der Waals surface area contributed by atoms with Gasteiger partial charge in [0.05, 0.1) is 17.4 Å². The van der Waals surface area contributed by atoms with Gasteiger partial charge in [-0.15, -0.1) is 0 Å². The van der Waals surface area contributed by atoms with Crippen molar-refractivity contribution in [3.63, 3.8) is 0 Å². The van der Waals surface area contributed by atoms with Gasteiger partial charge in [-0.25, -0.2) is 18.6 Å². The summed E-state index contributed by atoms with van der Waals surface area (Å²) in [7, 11) is -1.37. The first-order chi connectivity index (χ1) is 11.7. The number of nitrogens with zero attached hydrogens (tertiary/aromatic N) is 4. The molecule has 2 aromatic carbocycles. The zero-order valence-electron chi connectivity index (χ0n) is 12.5. The van der Waals surface area contributed by atoms with Crippen molar-refractivity contribution in [2.45, 2.75) is 11.0 Å². The third kappa shape index (κ3) is 2.63. The Morgan fingerprint density at radius 1 is 1.04 bits per heavy atom. The fourth-order valence-corrected chi connectivity index (χ4v) is 3.69. The lowest BCUT2D eigenvalue weighted by atomic mass is 10.3. The fourth-order valence-electron chi connectivity index (χ4n) is 2.55. The Morgan fingerprint density at radius 3 is 2.67 bits per heavy atom. The van der Waals surface area contributed by atoms with Crippen LogP contribution in [0.5, 0.6) is 0 Å². The first-order valence-corrected chi connectivity index (χ1v) is 8.62. The number of halogens is 1. The minimum absolute atomic E-state index is 0.249. The van der Waals surface area contributed by atoms with Crippen molar-refractivity contribution in [2.24, 2.45) is 0 Å². The lowest BCUT2D eigenvalue weighted by molar-refractivity contribution is 0.627. The van der Waals surface area contributed by atoms with Crippen LogP contribution >= 0.6 is 0 Å². The molecule has 0 aliphatic carbocycles. The van der Waals surface area contributed by atoms with Crippen LogP contribution in [0.1, 0.15) is 0 Å². The largest absolute Gasteiger partial charge is 0.318 e. The van der Waals surface area contributed by atoms with Crippen LogP contribution in [0.25, 0.3) is 16.7 Å². The van der Waals surface area contributed by atoms with E-state index in [-0.39, 0.29) is 11.7 Å². The van der Waals surface area contributed by atoms with E-state index in [0.29, 0.717) is 10.8 Å². The van der Waals surface area contributed by atoms with E-state index in [0.717, 1.165) is 11.0 Å². The van der Waals surface area contributed by atoms with E-state index in [9.17, 15) is 8.60 Å². The predicted molar refractivity (Wildman–Crippen MR) is 89.7 cm³/mol. The summed E-state index contributed by atoms with van der Waals surface area (Å²) in [5.74, 6) is -0.0648. The van der Waals surface area contributed by atoms with Crippen molar-refractivity contribution >= 4 is 21.8 Å². The molecule has 2 aromatic heterocycles. The highest BCUT2D eigenvalue weighted by atomic mass is 32.2. The molecule has 1 atom stereocenters. The van der Waals surface area contributed by atoms with Crippen LogP contribution in [0.3, 0.4) is 0 Å². The maximum atomic E-state index is 13.1. The van der Waals surface area contributed by atoms with Gasteiger partial charge in [0, 0.05) is 18.1 Å². The van der Waals surface area contributed by atoms with Crippen molar-refractivity contribution in [3.05, 3.63) is 73.1 Å². The van der Waals surface area contributed by atoms with Gasteiger partial charge in [0.15, 0.2) is 0 Å². The highest BCUT2D eigenvalue weighted by Crippen LogP contribution is 2.17. The topological polar surface area (TPSA) is 52.7 Å². The minimum atomic E-state index is -1.37. The molecule has 0 radical (unpaired) electrons. The molecule has 4 aromatic rings. The number of hydrogen-bond acceptors (Lipinski definition) is 3. The molecule has 0 amide bonds. The van der Waals surface area contributed by atoms with Gasteiger partial charge < -0.3 is 4.57 Å². The zero-order chi connectivity index (χ0) is 16.5. The third-order valence-corrected chi connectivity index (χ3v) is 4.92. The first kappa shape index (κ1) is 14.8. The van der Waals surface area contributed by atoms with E-state index in [2.05, 4.69) is 9.97 Å². The molecule has 0 aliphatic heterocycles. The smallest absolute Gasteiger partial charge is 0.205 e. The molecule has 0 saturated heterocycles. The molecular formula is C17H13FN4OS. The Morgan fingerprint density at radius 2 is 1.83 bits per heavy atom. The third-order valence-electron chi connectivity index (χ3n) is 3.70. The van der Waals surface area contributed by atoms with Gasteiger partial charge in [-0.3, -0.25) is 4.57 Å². The van der Waals surface area contributed by atoms with Gasteiger partial charge in [-0.2, -0.15) is 0 Å². The van der Waals surface area contributed by atoms with Gasteiger partial charge in [0.1, 0.15) is 22.5 Å². The number of para-hydroxylation sites is 2. The number of imidazole rings is 2. The first-order valence-electron chi connectivity index (χ1n) is 7.30. The maximum absolute atomic E-state index is 13.1. The molecule has 120 valence electrons. The summed E-state index contributed by atoms with van der Waals surface area (Å²) >= 11 is 0. The van der Waals surface area contributed by atoms with E-state index >= 15 is 0 Å². The van der Waals surface area contributed by atoms with Crippen molar-refractivity contribution in [1.29, 1.82) is 0 Å². The van der Waals surface area contributed by atoms with Gasteiger partial charge in [0.2, 0.25) is 5.16 Å². The molecular weight excluding hydrogens is 327 g/mol. The molecule has 2 heterocycles. The summed E-state index contributed by atoms with van der Waals surface area (Å²) in [5, 5.41) is 0.416. The van der Waals surface area contributed by atoms with Crippen molar-refractivity contribution < 1.29 is 8.60 Å². The molecule has 0 aliphatic rings. The Labute approximate surface area is 139 Å². The lowest BCUT2D eigenvalue weighted by Crippen LogP contribution is -2.09. The summed E-state index contributed by atoms with van der Waals surface area (Å²) in [6.45, 7) is 0. The van der Waals surface area contributed by atoms with E-state index in [4.69, 9.17) is 0 Å². The molecule has 0 saturated carbocycles. The van der Waals surface area contributed by atoms with Crippen LogP contribution in [0.4, 0.5) is 4.39 Å². The van der Waals surface area contributed by atoms with Gasteiger partial charge in [-0.05, 0) is 36.4 Å². The molecule has 7 heteroatoms. The van der Waals surface area contributed by atoms with Crippen LogP contribution in [0.15, 0.2) is 72.4 Å². The maximum Gasteiger partial charge on any atom is 0.205 e. The van der Waals surface area contributed by atoms with E-state index in [1.807, 2.05) is 28.8 Å². The number of rotatable bonds is 4. The Bertz CT molecular complexity index is 1020. The second-order valence-electron chi connectivity index (χ2n) is 5.23. The Balaban J connectivity index is 1.66. The summed E-state index contributed by atoms with van der Waals surface area (Å²) < 4.78 is 29.4. The van der Waals surface area contributed by atoms with E-state index in [1.54, 1.807) is 35.4 Å². The number of fused-ring (bicyclic) bond motifs is 1. The van der Waals surface area contributed by atoms with Crippen LogP contribution < -0.4 is 0 Å². The van der Waals surface area contributed by atoms with Crippen LogP contribution in [-0.2, 0) is 16.7 Å². The SMILES string of the molecule is O=S(Cn1cnc2ccccc21)c1nccn1-c1ccc(F)cc1. The van der Waals surface area contributed by atoms with E-state index < -0.39 is 10.8 Å². The molecule has 0 N–H and O–H groups in total. The van der Waals surface area contributed by atoms with Crippen molar-refractivity contribution in [1.82, 2.24) is 19.1 Å². The second-order valence-corrected chi connectivity index (χ2v) is 6.55. The van der Waals surface area contributed by atoms with Crippen molar-refractivity contribution in [2.75, 3.05) is 0 Å². The van der Waals surface area contributed by atoms with Crippen molar-refractivity contribution in [3.8, 4) is 5.69 Å². The van der Waals surface area contributed by atoms with Crippen LogP contribution in [-0.4, -0.2) is 23.3 Å². The van der Waals surface area contributed by atoms with Gasteiger partial charge in [0.25, 0.3) is 0 Å². The normalized spacial score (nSPS) is 12.5. The summed E-state index contributed by atoms with van der Waals surface area (Å²) in [4.78, 5) is 8.51. The number of hydrogen-bond donors (Lipinski definition) is 0. The van der Waals surface area contributed by atoms with E-state index in [1.165, 1.54) is 12.1 Å². The lowest BCUT2D eigenvalue weighted by Gasteiger charge is -2.08. The molecule has 0 fully saturated rings. The number of benzene rings is 2. The van der Waals surface area contributed by atoms with Crippen LogP contribution in [0.2, 0.25) is 0 Å². The molecule has 0 bridgehead atoms. The minimum Gasteiger partial charge on any atom is -0.318 e. The monoisotopic (exact) mass is 340 g/mol. The molecule has 0 spiro atoms. The average molecular weight is 340 g/mol. The Hall–Kier alpha value is -2.80.